The summed E-state index contributed by atoms with van der Waals surface area (Å²) in [6, 6.07) is 2.48. The van der Waals surface area contributed by atoms with Gasteiger partial charge in [-0.05, 0) is 20.9 Å². The fourth-order valence-electron chi connectivity index (χ4n) is 1.13. The molecule has 0 aliphatic heterocycles. The molecule has 4 heteroatoms. The number of aryl methyl sites for hydroxylation is 1. The van der Waals surface area contributed by atoms with E-state index in [1.54, 1.807) is 11.3 Å². The van der Waals surface area contributed by atoms with Crippen molar-refractivity contribution in [1.29, 1.82) is 5.26 Å². The van der Waals surface area contributed by atoms with E-state index in [4.69, 9.17) is 5.26 Å². The van der Waals surface area contributed by atoms with Crippen molar-refractivity contribution in [2.24, 2.45) is 0 Å². The minimum absolute atomic E-state index is 0.296. The van der Waals surface area contributed by atoms with Crippen molar-refractivity contribution in [2.45, 2.75) is 32.9 Å². The summed E-state index contributed by atoms with van der Waals surface area (Å²) >= 11 is 1.68. The van der Waals surface area contributed by atoms with E-state index in [0.717, 1.165) is 17.2 Å². The van der Waals surface area contributed by atoms with Crippen LogP contribution in [-0.4, -0.2) is 23.0 Å². The van der Waals surface area contributed by atoms with Gasteiger partial charge in [0.2, 0.25) is 0 Å². The zero-order valence-electron chi connectivity index (χ0n) is 8.82. The number of aromatic nitrogens is 1. The highest BCUT2D eigenvalue weighted by Gasteiger charge is 2.10. The summed E-state index contributed by atoms with van der Waals surface area (Å²) in [4.78, 5) is 6.54. The van der Waals surface area contributed by atoms with Crippen molar-refractivity contribution in [3.8, 4) is 6.07 Å². The van der Waals surface area contributed by atoms with Crippen LogP contribution in [0.25, 0.3) is 0 Å². The molecule has 3 nitrogen and oxygen atoms in total. The highest BCUT2D eigenvalue weighted by molar-refractivity contribution is 7.09. The summed E-state index contributed by atoms with van der Waals surface area (Å²) in [6.45, 7) is 4.89. The van der Waals surface area contributed by atoms with E-state index >= 15 is 0 Å². The van der Waals surface area contributed by atoms with E-state index in [0.29, 0.717) is 12.5 Å². The molecule has 0 spiro atoms. The quantitative estimate of drug-likeness (QED) is 0.763. The highest BCUT2D eigenvalue weighted by Crippen LogP contribution is 2.12. The topological polar surface area (TPSA) is 39.9 Å². The van der Waals surface area contributed by atoms with E-state index in [2.05, 4.69) is 28.3 Å². The Labute approximate surface area is 89.0 Å². The second kappa shape index (κ2) is 5.08. The second-order valence-corrected chi connectivity index (χ2v) is 4.45. The van der Waals surface area contributed by atoms with E-state index in [9.17, 15) is 0 Å². The predicted molar refractivity (Wildman–Crippen MR) is 58.0 cm³/mol. The number of thiazole rings is 1. The predicted octanol–water partition coefficient (Wildman–Crippen LogP) is 2.19. The molecule has 1 atom stereocenters. The lowest BCUT2D eigenvalue weighted by atomic mass is 10.2. The Hall–Kier alpha value is -0.920. The summed E-state index contributed by atoms with van der Waals surface area (Å²) in [5.41, 5.74) is 1.08. The first kappa shape index (κ1) is 11.2. The van der Waals surface area contributed by atoms with E-state index in [-0.39, 0.29) is 0 Å². The van der Waals surface area contributed by atoms with Gasteiger partial charge in [0, 0.05) is 17.1 Å². The average Bonchev–Trinajstić information content (AvgIpc) is 2.51. The molecule has 0 amide bonds. The number of nitrogens with zero attached hydrogens (tertiary/aromatic N) is 3. The van der Waals surface area contributed by atoms with Crippen LogP contribution in [0.3, 0.4) is 0 Å². The highest BCUT2D eigenvalue weighted by atomic mass is 32.1. The molecule has 0 saturated carbocycles. The van der Waals surface area contributed by atoms with Crippen LogP contribution in [0.2, 0.25) is 0 Å². The lowest BCUT2D eigenvalue weighted by molar-refractivity contribution is 0.252. The SMILES string of the molecule is Cc1csc(CN(C)[C@H](C)CC#N)n1. The van der Waals surface area contributed by atoms with E-state index in [1.807, 2.05) is 14.0 Å². The zero-order valence-corrected chi connectivity index (χ0v) is 9.64. The van der Waals surface area contributed by atoms with Crippen molar-refractivity contribution in [3.05, 3.63) is 16.1 Å². The van der Waals surface area contributed by atoms with Gasteiger partial charge in [-0.2, -0.15) is 5.26 Å². The molecule has 1 aromatic heterocycles. The number of rotatable bonds is 4. The molecule has 0 fully saturated rings. The van der Waals surface area contributed by atoms with Crippen LogP contribution in [-0.2, 0) is 6.54 Å². The third-order valence-corrected chi connectivity index (χ3v) is 3.14. The Morgan fingerprint density at radius 1 is 1.71 bits per heavy atom. The van der Waals surface area contributed by atoms with Gasteiger partial charge in [0.15, 0.2) is 0 Å². The van der Waals surface area contributed by atoms with Crippen molar-refractivity contribution >= 4 is 11.3 Å². The van der Waals surface area contributed by atoms with Crippen LogP contribution < -0.4 is 0 Å². The summed E-state index contributed by atoms with van der Waals surface area (Å²) in [5, 5.41) is 11.7. The molecule has 76 valence electrons. The monoisotopic (exact) mass is 209 g/mol. The second-order valence-electron chi connectivity index (χ2n) is 3.51. The Morgan fingerprint density at radius 2 is 2.43 bits per heavy atom. The lowest BCUT2D eigenvalue weighted by Crippen LogP contribution is -2.28. The number of hydrogen-bond acceptors (Lipinski definition) is 4. The van der Waals surface area contributed by atoms with E-state index in [1.165, 1.54) is 0 Å². The van der Waals surface area contributed by atoms with Crippen LogP contribution in [0.1, 0.15) is 24.0 Å². The minimum atomic E-state index is 0.296. The normalized spacial score (nSPS) is 12.8. The standard InChI is InChI=1S/C10H15N3S/c1-8-7-14-10(12-8)6-13(3)9(2)4-5-11/h7,9H,4,6H2,1-3H3/t9-/m1/s1. The van der Waals surface area contributed by atoms with Crippen molar-refractivity contribution in [1.82, 2.24) is 9.88 Å². The maximum Gasteiger partial charge on any atom is 0.107 e. The molecule has 1 heterocycles. The largest absolute Gasteiger partial charge is 0.296 e. The van der Waals surface area contributed by atoms with Crippen molar-refractivity contribution < 1.29 is 0 Å². The molecule has 0 aliphatic rings. The Morgan fingerprint density at radius 3 is 2.93 bits per heavy atom. The molecule has 0 saturated heterocycles. The van der Waals surface area contributed by atoms with Crippen LogP contribution in [0, 0.1) is 18.3 Å². The summed E-state index contributed by atoms with van der Waals surface area (Å²) in [7, 11) is 2.03. The van der Waals surface area contributed by atoms with Gasteiger partial charge in [-0.3, -0.25) is 4.90 Å². The molecule has 14 heavy (non-hydrogen) atoms. The van der Waals surface area contributed by atoms with Crippen LogP contribution >= 0.6 is 11.3 Å². The van der Waals surface area contributed by atoms with Gasteiger partial charge in [0.1, 0.15) is 5.01 Å². The smallest absolute Gasteiger partial charge is 0.107 e. The van der Waals surface area contributed by atoms with Gasteiger partial charge in [0.05, 0.1) is 19.0 Å². The van der Waals surface area contributed by atoms with Gasteiger partial charge < -0.3 is 0 Å². The molecule has 0 aromatic carbocycles. The van der Waals surface area contributed by atoms with Crippen LogP contribution in [0.15, 0.2) is 5.38 Å². The van der Waals surface area contributed by atoms with Gasteiger partial charge in [-0.25, -0.2) is 4.98 Å². The molecule has 0 radical (unpaired) electrons. The minimum Gasteiger partial charge on any atom is -0.296 e. The molecule has 0 aliphatic carbocycles. The van der Waals surface area contributed by atoms with Gasteiger partial charge >= 0.3 is 0 Å². The van der Waals surface area contributed by atoms with Gasteiger partial charge in [0.25, 0.3) is 0 Å². The average molecular weight is 209 g/mol. The molecular weight excluding hydrogens is 194 g/mol. The third-order valence-electron chi connectivity index (χ3n) is 2.19. The summed E-state index contributed by atoms with van der Waals surface area (Å²) in [6.07, 6.45) is 0.570. The fourth-order valence-corrected chi connectivity index (χ4v) is 1.97. The zero-order chi connectivity index (χ0) is 10.6. The molecule has 0 unspecified atom stereocenters. The van der Waals surface area contributed by atoms with Crippen molar-refractivity contribution in [3.63, 3.8) is 0 Å². The van der Waals surface area contributed by atoms with E-state index < -0.39 is 0 Å². The van der Waals surface area contributed by atoms with Gasteiger partial charge in [-0.1, -0.05) is 0 Å². The Kier molecular flexibility index (Phi) is 4.05. The Bertz CT molecular complexity index is 326. The number of nitriles is 1. The molecule has 0 N–H and O–H groups in total. The Balaban J connectivity index is 2.49. The summed E-state index contributed by atoms with van der Waals surface area (Å²) in [5.74, 6) is 0. The first-order valence-corrected chi connectivity index (χ1v) is 5.49. The number of hydrogen-bond donors (Lipinski definition) is 0. The fraction of sp³-hybridized carbons (Fsp3) is 0.600. The van der Waals surface area contributed by atoms with Crippen LogP contribution in [0.5, 0.6) is 0 Å². The maximum absolute atomic E-state index is 8.57. The van der Waals surface area contributed by atoms with Crippen LogP contribution in [0.4, 0.5) is 0 Å². The molecular formula is C10H15N3S. The first-order valence-electron chi connectivity index (χ1n) is 4.61. The maximum atomic E-state index is 8.57. The van der Waals surface area contributed by atoms with Gasteiger partial charge in [-0.15, -0.1) is 11.3 Å². The third kappa shape index (κ3) is 3.09. The summed E-state index contributed by atoms with van der Waals surface area (Å²) < 4.78 is 0. The molecule has 1 aromatic rings. The first-order chi connectivity index (χ1) is 6.63. The van der Waals surface area contributed by atoms with Crippen molar-refractivity contribution in [2.75, 3.05) is 7.05 Å². The molecule has 0 bridgehead atoms. The lowest BCUT2D eigenvalue weighted by Gasteiger charge is -2.20. The molecule has 1 rings (SSSR count).